The maximum atomic E-state index is 9.91. The van der Waals surface area contributed by atoms with Crippen molar-refractivity contribution < 1.29 is 9.74 Å². The van der Waals surface area contributed by atoms with E-state index in [1.165, 1.54) is 11.1 Å². The molecule has 4 rings (SSSR count). The highest BCUT2D eigenvalue weighted by molar-refractivity contribution is 5.73. The van der Waals surface area contributed by atoms with E-state index in [0.29, 0.717) is 6.54 Å². The lowest BCUT2D eigenvalue weighted by molar-refractivity contribution is 0.166. The van der Waals surface area contributed by atoms with Gasteiger partial charge in [0.05, 0.1) is 6.61 Å². The molecular formula is C17H17N3O2. The lowest BCUT2D eigenvalue weighted by Crippen LogP contribution is -2.49. The zero-order valence-electron chi connectivity index (χ0n) is 12.1. The fourth-order valence-electron chi connectivity index (χ4n) is 3.21. The van der Waals surface area contributed by atoms with Gasteiger partial charge >= 0.3 is 0 Å². The van der Waals surface area contributed by atoms with E-state index in [9.17, 15) is 5.11 Å². The average molecular weight is 295 g/mol. The summed E-state index contributed by atoms with van der Waals surface area (Å²) < 4.78 is 4.72. The van der Waals surface area contributed by atoms with Crippen LogP contribution < -0.4 is 5.32 Å². The van der Waals surface area contributed by atoms with Gasteiger partial charge in [-0.1, -0.05) is 30.3 Å². The third kappa shape index (κ3) is 2.28. The molecular weight excluding hydrogens is 278 g/mol. The maximum Gasteiger partial charge on any atom is 0.135 e. The van der Waals surface area contributed by atoms with Crippen LogP contribution in [0.25, 0.3) is 11.0 Å². The van der Waals surface area contributed by atoms with Gasteiger partial charge in [0.15, 0.2) is 0 Å². The van der Waals surface area contributed by atoms with Gasteiger partial charge < -0.3 is 10.4 Å². The van der Waals surface area contributed by atoms with Crippen molar-refractivity contribution in [3.8, 4) is 0 Å². The minimum absolute atomic E-state index is 0.120. The largest absolute Gasteiger partial charge is 0.394 e. The summed E-state index contributed by atoms with van der Waals surface area (Å²) >= 11 is 0. The molecule has 112 valence electrons. The van der Waals surface area contributed by atoms with Crippen LogP contribution in [0.2, 0.25) is 0 Å². The molecule has 0 aliphatic heterocycles. The number of fused-ring (bicyclic) bond motifs is 2. The maximum absolute atomic E-state index is 9.91. The van der Waals surface area contributed by atoms with Crippen LogP contribution in [0.15, 0.2) is 47.1 Å². The molecule has 0 saturated heterocycles. The average Bonchev–Trinajstić information content (AvgIpc) is 3.16. The summed E-state index contributed by atoms with van der Waals surface area (Å²) in [7, 11) is 0. The second kappa shape index (κ2) is 5.19. The number of nitrogens with zero attached hydrogens (tertiary/aromatic N) is 2. The summed E-state index contributed by atoms with van der Waals surface area (Å²) in [6.45, 7) is 0.798. The van der Waals surface area contributed by atoms with Gasteiger partial charge in [-0.2, -0.15) is 0 Å². The molecule has 0 fully saturated rings. The van der Waals surface area contributed by atoms with Crippen molar-refractivity contribution in [3.63, 3.8) is 0 Å². The molecule has 2 N–H and O–H groups in total. The van der Waals surface area contributed by atoms with Gasteiger partial charge in [-0.25, -0.2) is 4.63 Å². The summed E-state index contributed by atoms with van der Waals surface area (Å²) in [6, 6.07) is 14.3. The predicted molar refractivity (Wildman–Crippen MR) is 82.3 cm³/mol. The second-order valence-electron chi connectivity index (χ2n) is 6.00. The number of benzene rings is 2. The molecule has 5 nitrogen and oxygen atoms in total. The van der Waals surface area contributed by atoms with E-state index < -0.39 is 0 Å². The standard InChI is InChI=1S/C17H17N3O2/c21-11-17(8-13-3-1-2-4-14(13)9-17)18-10-12-5-6-15-16(7-12)20-22-19-15/h1-7,18,21H,8-11H2. The van der Waals surface area contributed by atoms with E-state index in [-0.39, 0.29) is 12.1 Å². The van der Waals surface area contributed by atoms with E-state index >= 15 is 0 Å². The zero-order valence-corrected chi connectivity index (χ0v) is 12.1. The summed E-state index contributed by atoms with van der Waals surface area (Å²) in [5.74, 6) is 0. The van der Waals surface area contributed by atoms with E-state index in [1.54, 1.807) is 0 Å². The molecule has 1 aliphatic rings. The van der Waals surface area contributed by atoms with Crippen molar-refractivity contribution in [1.29, 1.82) is 0 Å². The smallest absolute Gasteiger partial charge is 0.135 e. The summed E-state index contributed by atoms with van der Waals surface area (Å²) in [5.41, 5.74) is 4.98. The van der Waals surface area contributed by atoms with Crippen molar-refractivity contribution >= 4 is 11.0 Å². The molecule has 1 heterocycles. The Bertz CT molecular complexity index is 787. The first kappa shape index (κ1) is 13.4. The Morgan fingerprint density at radius 2 is 1.77 bits per heavy atom. The van der Waals surface area contributed by atoms with E-state index in [2.05, 4.69) is 39.9 Å². The number of aliphatic hydroxyl groups is 1. The number of rotatable bonds is 4. The highest BCUT2D eigenvalue weighted by Crippen LogP contribution is 2.30. The van der Waals surface area contributed by atoms with Gasteiger partial charge in [0.2, 0.25) is 0 Å². The molecule has 1 aromatic heterocycles. The Kier molecular flexibility index (Phi) is 3.17. The molecule has 0 radical (unpaired) electrons. The Morgan fingerprint density at radius 1 is 1.05 bits per heavy atom. The minimum atomic E-state index is -0.277. The number of hydrogen-bond acceptors (Lipinski definition) is 5. The monoisotopic (exact) mass is 295 g/mol. The fraction of sp³-hybridized carbons (Fsp3) is 0.294. The number of hydrogen-bond donors (Lipinski definition) is 2. The van der Waals surface area contributed by atoms with E-state index in [1.807, 2.05) is 18.2 Å². The van der Waals surface area contributed by atoms with E-state index in [0.717, 1.165) is 29.4 Å². The first-order valence-electron chi connectivity index (χ1n) is 7.42. The van der Waals surface area contributed by atoms with Crippen LogP contribution >= 0.6 is 0 Å². The molecule has 0 unspecified atom stereocenters. The highest BCUT2D eigenvalue weighted by Gasteiger charge is 2.35. The fourth-order valence-corrected chi connectivity index (χ4v) is 3.21. The van der Waals surface area contributed by atoms with Gasteiger partial charge in [-0.05, 0) is 52.0 Å². The molecule has 0 saturated carbocycles. The lowest BCUT2D eigenvalue weighted by atomic mass is 9.96. The third-order valence-electron chi connectivity index (χ3n) is 4.46. The van der Waals surface area contributed by atoms with Gasteiger partial charge in [0.25, 0.3) is 0 Å². The Balaban J connectivity index is 1.52. The van der Waals surface area contributed by atoms with Crippen molar-refractivity contribution in [3.05, 3.63) is 59.2 Å². The van der Waals surface area contributed by atoms with Crippen molar-refractivity contribution in [1.82, 2.24) is 15.6 Å². The van der Waals surface area contributed by atoms with Crippen LogP contribution in [-0.2, 0) is 19.4 Å². The van der Waals surface area contributed by atoms with Gasteiger partial charge in [0.1, 0.15) is 11.0 Å². The molecule has 0 spiro atoms. The zero-order chi connectivity index (χ0) is 15.0. The third-order valence-corrected chi connectivity index (χ3v) is 4.46. The van der Waals surface area contributed by atoms with Crippen LogP contribution in [0.1, 0.15) is 16.7 Å². The summed E-state index contributed by atoms with van der Waals surface area (Å²) in [5, 5.41) is 21.1. The number of aromatic nitrogens is 2. The number of nitrogens with one attached hydrogen (secondary N) is 1. The first-order valence-corrected chi connectivity index (χ1v) is 7.42. The predicted octanol–water partition coefficient (Wildman–Crippen LogP) is 1.84. The van der Waals surface area contributed by atoms with Crippen LogP contribution in [-0.4, -0.2) is 27.6 Å². The molecule has 0 bridgehead atoms. The van der Waals surface area contributed by atoms with Gasteiger partial charge in [-0.3, -0.25) is 0 Å². The summed E-state index contributed by atoms with van der Waals surface area (Å²) in [6.07, 6.45) is 1.71. The number of aliphatic hydroxyl groups excluding tert-OH is 1. The van der Waals surface area contributed by atoms with Gasteiger partial charge in [0, 0.05) is 12.1 Å². The molecule has 22 heavy (non-hydrogen) atoms. The van der Waals surface area contributed by atoms with E-state index in [4.69, 9.17) is 4.63 Å². The molecule has 0 amide bonds. The van der Waals surface area contributed by atoms with Crippen LogP contribution in [0.5, 0.6) is 0 Å². The summed E-state index contributed by atoms with van der Waals surface area (Å²) in [4.78, 5) is 0. The molecule has 2 aromatic carbocycles. The highest BCUT2D eigenvalue weighted by atomic mass is 16.6. The van der Waals surface area contributed by atoms with Crippen LogP contribution in [0.3, 0.4) is 0 Å². The van der Waals surface area contributed by atoms with Crippen molar-refractivity contribution in [2.75, 3.05) is 6.61 Å². The Hall–Kier alpha value is -2.24. The second-order valence-corrected chi connectivity index (χ2v) is 6.00. The molecule has 1 aliphatic carbocycles. The van der Waals surface area contributed by atoms with Crippen molar-refractivity contribution in [2.45, 2.75) is 24.9 Å². The van der Waals surface area contributed by atoms with Crippen LogP contribution in [0, 0.1) is 0 Å². The topological polar surface area (TPSA) is 71.2 Å². The normalized spacial score (nSPS) is 16.0. The Morgan fingerprint density at radius 3 is 2.50 bits per heavy atom. The van der Waals surface area contributed by atoms with Gasteiger partial charge in [-0.15, -0.1) is 0 Å². The minimum Gasteiger partial charge on any atom is -0.394 e. The molecule has 0 atom stereocenters. The van der Waals surface area contributed by atoms with Crippen LogP contribution in [0.4, 0.5) is 0 Å². The van der Waals surface area contributed by atoms with Crippen molar-refractivity contribution in [2.24, 2.45) is 0 Å². The first-order chi connectivity index (χ1) is 10.8. The lowest BCUT2D eigenvalue weighted by Gasteiger charge is -2.28. The Labute approximate surface area is 127 Å². The molecule has 3 aromatic rings. The quantitative estimate of drug-likeness (QED) is 0.768. The molecule has 5 heteroatoms. The SMILES string of the molecule is OCC1(NCc2ccc3nonc3c2)Cc2ccccc2C1.